The van der Waals surface area contributed by atoms with E-state index in [0.717, 1.165) is 24.3 Å². The highest BCUT2D eigenvalue weighted by molar-refractivity contribution is 5.79. The molecule has 0 aliphatic carbocycles. The number of nitro benzene ring substituents is 1. The lowest BCUT2D eigenvalue weighted by Gasteiger charge is -2.11. The zero-order valence-corrected chi connectivity index (χ0v) is 15.5. The first-order chi connectivity index (χ1) is 14.7. The Hall–Kier alpha value is -4.21. The number of nitrogens with zero attached hydrogens (tertiary/aromatic N) is 2. The molecule has 0 fully saturated rings. The van der Waals surface area contributed by atoms with Gasteiger partial charge in [0.05, 0.1) is 21.4 Å². The van der Waals surface area contributed by atoms with Crippen LogP contribution in [0.15, 0.2) is 71.5 Å². The number of fused-ring (bicyclic) bond motifs is 1. The van der Waals surface area contributed by atoms with E-state index >= 15 is 0 Å². The Morgan fingerprint density at radius 2 is 1.77 bits per heavy atom. The summed E-state index contributed by atoms with van der Waals surface area (Å²) in [4.78, 5) is 30.0. The van der Waals surface area contributed by atoms with Gasteiger partial charge in [-0.15, -0.1) is 0 Å². The third kappa shape index (κ3) is 4.08. The number of hydrogen-bond acceptors (Lipinski definition) is 5. The summed E-state index contributed by atoms with van der Waals surface area (Å²) in [7, 11) is 0. The summed E-state index contributed by atoms with van der Waals surface area (Å²) in [6, 6.07) is 14.4. The van der Waals surface area contributed by atoms with Crippen LogP contribution in [-0.2, 0) is 6.18 Å². The molecule has 1 heterocycles. The van der Waals surface area contributed by atoms with Gasteiger partial charge in [0.1, 0.15) is 11.6 Å². The Kier molecular flexibility index (Phi) is 4.90. The predicted molar refractivity (Wildman–Crippen MR) is 106 cm³/mol. The minimum atomic E-state index is -4.58. The quantitative estimate of drug-likeness (QED) is 0.352. The number of alkyl halides is 3. The standard InChI is InChI=1S/C21H12F3N3O4/c22-21(23,24)13-4-3-5-14(11-13)31-18-9-8-12(10-17(18)27(29)30)19-25-16-7-2-1-6-15(16)20(28)26-19/h1-11H,(H,25,26,28). The third-order valence-corrected chi connectivity index (χ3v) is 4.43. The molecular formula is C21H12F3N3O4. The van der Waals surface area contributed by atoms with E-state index in [-0.39, 0.29) is 22.9 Å². The smallest absolute Gasteiger partial charge is 0.416 e. The highest BCUT2D eigenvalue weighted by atomic mass is 19.4. The van der Waals surface area contributed by atoms with E-state index in [1.54, 1.807) is 24.3 Å². The molecule has 1 aromatic heterocycles. The topological polar surface area (TPSA) is 98.1 Å². The van der Waals surface area contributed by atoms with Crippen LogP contribution in [-0.4, -0.2) is 14.9 Å². The lowest BCUT2D eigenvalue weighted by Crippen LogP contribution is -2.09. The van der Waals surface area contributed by atoms with Crippen LogP contribution in [0.5, 0.6) is 11.5 Å². The number of para-hydroxylation sites is 1. The van der Waals surface area contributed by atoms with Gasteiger partial charge in [-0.25, -0.2) is 4.98 Å². The SMILES string of the molecule is O=c1[nH]c(-c2ccc(Oc3cccc(C(F)(F)F)c3)c([N+](=O)[O-])c2)nc2ccccc12. The predicted octanol–water partition coefficient (Wildman–Crippen LogP) is 5.31. The van der Waals surface area contributed by atoms with Crippen molar-refractivity contribution in [1.29, 1.82) is 0 Å². The lowest BCUT2D eigenvalue weighted by molar-refractivity contribution is -0.385. The van der Waals surface area contributed by atoms with Crippen molar-refractivity contribution >= 4 is 16.6 Å². The summed E-state index contributed by atoms with van der Waals surface area (Å²) in [5, 5.41) is 11.9. The number of halogens is 3. The molecule has 156 valence electrons. The Labute approximate surface area is 171 Å². The van der Waals surface area contributed by atoms with Crippen LogP contribution >= 0.6 is 0 Å². The molecular weight excluding hydrogens is 415 g/mol. The summed E-state index contributed by atoms with van der Waals surface area (Å²) in [6.07, 6.45) is -4.58. The van der Waals surface area contributed by atoms with Gasteiger partial charge in [0.15, 0.2) is 0 Å². The molecule has 0 saturated carbocycles. The molecule has 0 aliphatic heterocycles. The number of ether oxygens (including phenoxy) is 1. The maximum atomic E-state index is 12.9. The van der Waals surface area contributed by atoms with Crippen molar-refractivity contribution in [2.45, 2.75) is 6.18 Å². The molecule has 0 aliphatic rings. The molecule has 1 N–H and O–H groups in total. The molecule has 0 bridgehead atoms. The number of benzene rings is 3. The molecule has 31 heavy (non-hydrogen) atoms. The number of nitrogens with one attached hydrogen (secondary N) is 1. The van der Waals surface area contributed by atoms with Crippen LogP contribution < -0.4 is 10.3 Å². The molecule has 0 atom stereocenters. The molecule has 0 amide bonds. The number of aromatic amines is 1. The number of nitro groups is 1. The van der Waals surface area contributed by atoms with Gasteiger partial charge >= 0.3 is 11.9 Å². The lowest BCUT2D eigenvalue weighted by atomic mass is 10.1. The van der Waals surface area contributed by atoms with Crippen molar-refractivity contribution in [3.63, 3.8) is 0 Å². The first-order valence-electron chi connectivity index (χ1n) is 8.85. The van der Waals surface area contributed by atoms with E-state index in [2.05, 4.69) is 9.97 Å². The molecule has 0 spiro atoms. The van der Waals surface area contributed by atoms with Crippen molar-refractivity contribution < 1.29 is 22.8 Å². The van der Waals surface area contributed by atoms with Gasteiger partial charge in [0, 0.05) is 11.6 Å². The number of aromatic nitrogens is 2. The molecule has 3 aromatic carbocycles. The van der Waals surface area contributed by atoms with Gasteiger partial charge in [-0.2, -0.15) is 13.2 Å². The Morgan fingerprint density at radius 1 is 1.00 bits per heavy atom. The zero-order valence-electron chi connectivity index (χ0n) is 15.5. The third-order valence-electron chi connectivity index (χ3n) is 4.43. The Bertz CT molecular complexity index is 1370. The van der Waals surface area contributed by atoms with Crippen molar-refractivity contribution in [2.75, 3.05) is 0 Å². The summed E-state index contributed by atoms with van der Waals surface area (Å²) in [5.74, 6) is -0.350. The van der Waals surface area contributed by atoms with E-state index < -0.39 is 27.9 Å². The second kappa shape index (κ2) is 7.56. The molecule has 0 radical (unpaired) electrons. The first kappa shape index (κ1) is 20.1. The minimum absolute atomic E-state index is 0.109. The van der Waals surface area contributed by atoms with E-state index in [0.29, 0.717) is 10.9 Å². The molecule has 0 saturated heterocycles. The summed E-state index contributed by atoms with van der Waals surface area (Å²) < 4.78 is 44.1. The summed E-state index contributed by atoms with van der Waals surface area (Å²) >= 11 is 0. The van der Waals surface area contributed by atoms with Gasteiger partial charge in [-0.1, -0.05) is 18.2 Å². The fourth-order valence-corrected chi connectivity index (χ4v) is 2.98. The largest absolute Gasteiger partial charge is 0.450 e. The monoisotopic (exact) mass is 427 g/mol. The van der Waals surface area contributed by atoms with E-state index in [1.807, 2.05) is 0 Å². The zero-order chi connectivity index (χ0) is 22.2. The van der Waals surface area contributed by atoms with Crippen molar-refractivity contribution in [1.82, 2.24) is 9.97 Å². The maximum Gasteiger partial charge on any atom is 0.416 e. The number of hydrogen-bond donors (Lipinski definition) is 1. The van der Waals surface area contributed by atoms with Crippen molar-refractivity contribution in [3.05, 3.63) is 92.8 Å². The van der Waals surface area contributed by atoms with Crippen LogP contribution in [0.1, 0.15) is 5.56 Å². The van der Waals surface area contributed by atoms with Crippen molar-refractivity contribution in [2.24, 2.45) is 0 Å². The van der Waals surface area contributed by atoms with Gasteiger partial charge in [-0.3, -0.25) is 14.9 Å². The van der Waals surface area contributed by atoms with Gasteiger partial charge < -0.3 is 9.72 Å². The van der Waals surface area contributed by atoms with Crippen molar-refractivity contribution in [3.8, 4) is 22.9 Å². The average molecular weight is 427 g/mol. The normalized spacial score (nSPS) is 11.5. The highest BCUT2D eigenvalue weighted by Crippen LogP contribution is 2.37. The van der Waals surface area contributed by atoms with Gasteiger partial charge in [0.25, 0.3) is 5.56 Å². The first-order valence-corrected chi connectivity index (χ1v) is 8.85. The van der Waals surface area contributed by atoms with E-state index in [1.165, 1.54) is 18.2 Å². The molecule has 0 unspecified atom stereocenters. The second-order valence-corrected chi connectivity index (χ2v) is 6.50. The summed E-state index contributed by atoms with van der Waals surface area (Å²) in [5.41, 5.74) is -1.19. The van der Waals surface area contributed by atoms with Crippen LogP contribution in [0.3, 0.4) is 0 Å². The van der Waals surface area contributed by atoms with E-state index in [9.17, 15) is 28.1 Å². The average Bonchev–Trinajstić information content (AvgIpc) is 2.73. The number of rotatable bonds is 4. The Morgan fingerprint density at radius 3 is 2.52 bits per heavy atom. The second-order valence-electron chi connectivity index (χ2n) is 6.50. The van der Waals surface area contributed by atoms with Crippen LogP contribution in [0, 0.1) is 10.1 Å². The van der Waals surface area contributed by atoms with E-state index in [4.69, 9.17) is 4.74 Å². The number of H-pyrrole nitrogens is 1. The van der Waals surface area contributed by atoms with Crippen LogP contribution in [0.4, 0.5) is 18.9 Å². The minimum Gasteiger partial charge on any atom is -0.450 e. The Balaban J connectivity index is 1.75. The van der Waals surface area contributed by atoms with Gasteiger partial charge in [-0.05, 0) is 42.5 Å². The van der Waals surface area contributed by atoms with Crippen LogP contribution in [0.25, 0.3) is 22.3 Å². The highest BCUT2D eigenvalue weighted by Gasteiger charge is 2.31. The summed E-state index contributed by atoms with van der Waals surface area (Å²) in [6.45, 7) is 0. The maximum absolute atomic E-state index is 12.9. The molecule has 4 rings (SSSR count). The molecule has 7 nitrogen and oxygen atoms in total. The molecule has 10 heteroatoms. The van der Waals surface area contributed by atoms with Gasteiger partial charge in [0.2, 0.25) is 5.75 Å². The molecule has 4 aromatic rings. The fraction of sp³-hybridized carbons (Fsp3) is 0.0476. The fourth-order valence-electron chi connectivity index (χ4n) is 2.98. The van der Waals surface area contributed by atoms with Crippen LogP contribution in [0.2, 0.25) is 0 Å².